The average molecular weight is 294 g/mol. The molecule has 1 amide bonds. The molecule has 0 aromatic rings. The van der Waals surface area contributed by atoms with Gasteiger partial charge in [-0.15, -0.1) is 0 Å². The van der Waals surface area contributed by atoms with Gasteiger partial charge in [-0.1, -0.05) is 45.4 Å². The van der Waals surface area contributed by atoms with Crippen molar-refractivity contribution >= 4 is 5.91 Å². The van der Waals surface area contributed by atoms with Crippen LogP contribution < -0.4 is 10.6 Å². The molecule has 0 saturated heterocycles. The first kappa shape index (κ1) is 16.8. The first-order chi connectivity index (χ1) is 10.2. The fraction of sp³-hybridized carbons (Fsp3) is 0.944. The fourth-order valence-corrected chi connectivity index (χ4v) is 3.85. The molecule has 122 valence electrons. The quantitative estimate of drug-likeness (QED) is 0.785. The van der Waals surface area contributed by atoms with E-state index in [1.165, 1.54) is 64.2 Å². The zero-order valence-electron chi connectivity index (χ0n) is 14.0. The van der Waals surface area contributed by atoms with Gasteiger partial charge in [0.1, 0.15) is 0 Å². The summed E-state index contributed by atoms with van der Waals surface area (Å²) in [6, 6.07) is 0.381. The summed E-state index contributed by atoms with van der Waals surface area (Å²) in [6.45, 7) is 5.33. The first-order valence-corrected chi connectivity index (χ1v) is 9.22. The molecule has 0 bridgehead atoms. The number of rotatable bonds is 6. The standard InChI is InChI=1S/C18H34N2O/c1-3-15-9-11-16(12-10-15)13-19-14(2)18(21)20-17-7-5-4-6-8-17/h14-17,19H,3-13H2,1-2H3,(H,20,21). The molecule has 0 aliphatic heterocycles. The molecule has 0 heterocycles. The summed E-state index contributed by atoms with van der Waals surface area (Å²) in [5.74, 6) is 1.93. The van der Waals surface area contributed by atoms with E-state index in [0.717, 1.165) is 18.4 Å². The lowest BCUT2D eigenvalue weighted by Crippen LogP contribution is -2.48. The zero-order chi connectivity index (χ0) is 15.1. The predicted octanol–water partition coefficient (Wildman–Crippen LogP) is 3.63. The smallest absolute Gasteiger partial charge is 0.237 e. The van der Waals surface area contributed by atoms with Crippen LogP contribution in [0.5, 0.6) is 0 Å². The molecule has 2 N–H and O–H groups in total. The lowest BCUT2D eigenvalue weighted by Gasteiger charge is -2.29. The summed E-state index contributed by atoms with van der Waals surface area (Å²) in [5, 5.41) is 6.68. The van der Waals surface area contributed by atoms with Crippen LogP contribution in [0, 0.1) is 11.8 Å². The molecule has 0 aromatic carbocycles. The topological polar surface area (TPSA) is 41.1 Å². The molecule has 1 atom stereocenters. The number of hydrogen-bond donors (Lipinski definition) is 2. The number of nitrogens with one attached hydrogen (secondary N) is 2. The largest absolute Gasteiger partial charge is 0.352 e. The molecular weight excluding hydrogens is 260 g/mol. The van der Waals surface area contributed by atoms with Crippen LogP contribution in [0.4, 0.5) is 0 Å². The maximum Gasteiger partial charge on any atom is 0.237 e. The van der Waals surface area contributed by atoms with E-state index in [4.69, 9.17) is 0 Å². The van der Waals surface area contributed by atoms with Crippen LogP contribution in [-0.2, 0) is 4.79 Å². The van der Waals surface area contributed by atoms with E-state index in [-0.39, 0.29) is 11.9 Å². The van der Waals surface area contributed by atoms with Gasteiger partial charge in [0.05, 0.1) is 6.04 Å². The van der Waals surface area contributed by atoms with E-state index in [1.807, 2.05) is 6.92 Å². The van der Waals surface area contributed by atoms with Gasteiger partial charge in [-0.3, -0.25) is 4.79 Å². The molecule has 2 aliphatic carbocycles. The van der Waals surface area contributed by atoms with Crippen molar-refractivity contribution in [3.05, 3.63) is 0 Å². The normalized spacial score (nSPS) is 29.0. The maximum absolute atomic E-state index is 12.2. The maximum atomic E-state index is 12.2. The van der Waals surface area contributed by atoms with E-state index < -0.39 is 0 Å². The highest BCUT2D eigenvalue weighted by molar-refractivity contribution is 5.81. The lowest BCUT2D eigenvalue weighted by atomic mass is 9.81. The second-order valence-corrected chi connectivity index (χ2v) is 7.27. The summed E-state index contributed by atoms with van der Waals surface area (Å²) in [4.78, 5) is 12.2. The Labute approximate surface area is 130 Å². The minimum Gasteiger partial charge on any atom is -0.352 e. The van der Waals surface area contributed by atoms with Crippen molar-refractivity contribution in [1.29, 1.82) is 0 Å². The van der Waals surface area contributed by atoms with Gasteiger partial charge < -0.3 is 10.6 Å². The van der Waals surface area contributed by atoms with Gasteiger partial charge in [-0.2, -0.15) is 0 Å². The van der Waals surface area contributed by atoms with Crippen LogP contribution in [0.2, 0.25) is 0 Å². The molecule has 0 aromatic heterocycles. The Balaban J connectivity index is 1.62. The van der Waals surface area contributed by atoms with Crippen molar-refractivity contribution in [3.8, 4) is 0 Å². The van der Waals surface area contributed by atoms with Gasteiger partial charge in [0, 0.05) is 6.04 Å². The molecule has 2 aliphatic rings. The zero-order valence-corrected chi connectivity index (χ0v) is 14.0. The summed E-state index contributed by atoms with van der Waals surface area (Å²) in [7, 11) is 0. The Morgan fingerprint density at radius 2 is 1.62 bits per heavy atom. The Hall–Kier alpha value is -0.570. The predicted molar refractivity (Wildman–Crippen MR) is 88.2 cm³/mol. The van der Waals surface area contributed by atoms with Gasteiger partial charge in [0.2, 0.25) is 5.91 Å². The van der Waals surface area contributed by atoms with Crippen LogP contribution in [0.1, 0.15) is 78.1 Å². The second-order valence-electron chi connectivity index (χ2n) is 7.27. The monoisotopic (exact) mass is 294 g/mol. The van der Waals surface area contributed by atoms with Crippen molar-refractivity contribution in [2.24, 2.45) is 11.8 Å². The van der Waals surface area contributed by atoms with Crippen LogP contribution in [0.3, 0.4) is 0 Å². The molecule has 1 unspecified atom stereocenters. The van der Waals surface area contributed by atoms with Crippen molar-refractivity contribution in [1.82, 2.24) is 10.6 Å². The fourth-order valence-electron chi connectivity index (χ4n) is 3.85. The molecule has 21 heavy (non-hydrogen) atoms. The summed E-state index contributed by atoms with van der Waals surface area (Å²) >= 11 is 0. The van der Waals surface area contributed by atoms with Crippen LogP contribution in [0.15, 0.2) is 0 Å². The first-order valence-electron chi connectivity index (χ1n) is 9.22. The Morgan fingerprint density at radius 3 is 2.24 bits per heavy atom. The van der Waals surface area contributed by atoms with Gasteiger partial charge >= 0.3 is 0 Å². The van der Waals surface area contributed by atoms with Gasteiger partial charge in [0.15, 0.2) is 0 Å². The molecule has 2 rings (SSSR count). The molecule has 2 fully saturated rings. The van der Waals surface area contributed by atoms with Crippen molar-refractivity contribution in [3.63, 3.8) is 0 Å². The van der Waals surface area contributed by atoms with Crippen LogP contribution in [-0.4, -0.2) is 24.5 Å². The molecule has 3 nitrogen and oxygen atoms in total. The highest BCUT2D eigenvalue weighted by atomic mass is 16.2. The van der Waals surface area contributed by atoms with Gasteiger partial charge in [0.25, 0.3) is 0 Å². The van der Waals surface area contributed by atoms with E-state index in [9.17, 15) is 4.79 Å². The highest BCUT2D eigenvalue weighted by Crippen LogP contribution is 2.30. The van der Waals surface area contributed by atoms with Crippen molar-refractivity contribution in [2.45, 2.75) is 90.1 Å². The third-order valence-electron chi connectivity index (χ3n) is 5.60. The molecule has 0 spiro atoms. The van der Waals surface area contributed by atoms with Crippen molar-refractivity contribution < 1.29 is 4.79 Å². The second kappa shape index (κ2) is 8.77. The third kappa shape index (κ3) is 5.61. The summed E-state index contributed by atoms with van der Waals surface area (Å²) < 4.78 is 0. The molecule has 3 heteroatoms. The lowest BCUT2D eigenvalue weighted by molar-refractivity contribution is -0.123. The van der Waals surface area contributed by atoms with E-state index >= 15 is 0 Å². The van der Waals surface area contributed by atoms with E-state index in [0.29, 0.717) is 6.04 Å². The number of hydrogen-bond acceptors (Lipinski definition) is 2. The molecule has 0 radical (unpaired) electrons. The summed E-state index contributed by atoms with van der Waals surface area (Å²) in [5.41, 5.74) is 0. The SMILES string of the molecule is CCC1CCC(CNC(C)C(=O)NC2CCCCC2)CC1. The molecule has 2 saturated carbocycles. The molecular formula is C18H34N2O. The minimum atomic E-state index is -0.0455. The third-order valence-corrected chi connectivity index (χ3v) is 5.60. The summed E-state index contributed by atoms with van der Waals surface area (Å²) in [6.07, 6.45) is 13.0. The average Bonchev–Trinajstić information content (AvgIpc) is 2.54. The van der Waals surface area contributed by atoms with Gasteiger partial charge in [-0.05, 0) is 51.0 Å². The number of amides is 1. The van der Waals surface area contributed by atoms with Gasteiger partial charge in [-0.25, -0.2) is 0 Å². The minimum absolute atomic E-state index is 0.0455. The van der Waals surface area contributed by atoms with Crippen LogP contribution in [0.25, 0.3) is 0 Å². The Kier molecular flexibility index (Phi) is 7.01. The highest BCUT2D eigenvalue weighted by Gasteiger charge is 2.22. The van der Waals surface area contributed by atoms with Crippen LogP contribution >= 0.6 is 0 Å². The van der Waals surface area contributed by atoms with Crippen molar-refractivity contribution in [2.75, 3.05) is 6.54 Å². The number of carbonyl (C=O) groups excluding carboxylic acids is 1. The number of carbonyl (C=O) groups is 1. The Bertz CT molecular complexity index is 304. The van der Waals surface area contributed by atoms with E-state index in [1.54, 1.807) is 0 Å². The van der Waals surface area contributed by atoms with E-state index in [2.05, 4.69) is 17.6 Å². The Morgan fingerprint density at radius 1 is 1.00 bits per heavy atom.